The average molecular weight is 442 g/mol. The van der Waals surface area contributed by atoms with Gasteiger partial charge < -0.3 is 15.5 Å². The number of anilines is 3. The Labute approximate surface area is 182 Å². The number of hydrogen-bond donors (Lipinski definition) is 2. The fourth-order valence-electron chi connectivity index (χ4n) is 3.46. The van der Waals surface area contributed by atoms with Gasteiger partial charge in [-0.25, -0.2) is 8.78 Å². The van der Waals surface area contributed by atoms with Gasteiger partial charge in [-0.1, -0.05) is 41.9 Å². The molecular weight excluding hydrogens is 424 g/mol. The van der Waals surface area contributed by atoms with Gasteiger partial charge in [0.15, 0.2) is 0 Å². The minimum absolute atomic E-state index is 0.153. The van der Waals surface area contributed by atoms with Crippen molar-refractivity contribution < 1.29 is 18.4 Å². The molecule has 0 spiro atoms. The van der Waals surface area contributed by atoms with Gasteiger partial charge in [-0.15, -0.1) is 0 Å². The first-order valence-electron chi connectivity index (χ1n) is 9.57. The van der Waals surface area contributed by atoms with Crippen molar-refractivity contribution in [3.63, 3.8) is 0 Å². The highest BCUT2D eigenvalue weighted by Crippen LogP contribution is 2.35. The van der Waals surface area contributed by atoms with E-state index in [2.05, 4.69) is 10.6 Å². The molecule has 0 saturated carbocycles. The number of nitrogens with one attached hydrogen (secondary N) is 2. The van der Waals surface area contributed by atoms with E-state index in [0.29, 0.717) is 29.0 Å². The molecule has 0 fully saturated rings. The minimum atomic E-state index is -0.890. The van der Waals surface area contributed by atoms with Crippen molar-refractivity contribution in [3.8, 4) is 0 Å². The Morgan fingerprint density at radius 1 is 1.06 bits per heavy atom. The highest BCUT2D eigenvalue weighted by molar-refractivity contribution is 6.31. The summed E-state index contributed by atoms with van der Waals surface area (Å²) in [4.78, 5) is 27.3. The Morgan fingerprint density at radius 2 is 1.84 bits per heavy atom. The maximum atomic E-state index is 13.9. The number of hydrogen-bond acceptors (Lipinski definition) is 3. The number of halogens is 3. The Kier molecular flexibility index (Phi) is 5.86. The lowest BCUT2D eigenvalue weighted by Gasteiger charge is -2.35. The van der Waals surface area contributed by atoms with Crippen LogP contribution in [0.4, 0.5) is 25.8 Å². The van der Waals surface area contributed by atoms with Crippen molar-refractivity contribution in [2.45, 2.75) is 19.0 Å². The molecule has 0 aromatic heterocycles. The first kappa shape index (κ1) is 20.8. The van der Waals surface area contributed by atoms with E-state index in [4.69, 9.17) is 11.6 Å². The molecule has 31 heavy (non-hydrogen) atoms. The van der Waals surface area contributed by atoms with Crippen LogP contribution in [0.25, 0.3) is 0 Å². The second kappa shape index (κ2) is 8.73. The molecule has 4 rings (SSSR count). The van der Waals surface area contributed by atoms with Crippen molar-refractivity contribution in [1.82, 2.24) is 0 Å². The standard InChI is InChI=1S/C23H18ClF2N3O2/c24-15-6-9-21-19(10-15)27-20(23(31)29(21)13-14-4-2-1-3-5-14)12-22(30)28-18-8-7-16(25)11-17(18)26/h1-11,20,27H,12-13H2,(H,28,30)/t20-/m1/s1. The summed E-state index contributed by atoms with van der Waals surface area (Å²) in [6.07, 6.45) is -0.243. The zero-order valence-corrected chi connectivity index (χ0v) is 17.0. The highest BCUT2D eigenvalue weighted by Gasteiger charge is 2.34. The van der Waals surface area contributed by atoms with Crippen molar-refractivity contribution in [2.24, 2.45) is 0 Å². The molecule has 0 unspecified atom stereocenters. The molecule has 1 aliphatic heterocycles. The number of nitrogens with zero attached hydrogens (tertiary/aromatic N) is 1. The first-order valence-corrected chi connectivity index (χ1v) is 9.95. The number of amides is 2. The van der Waals surface area contributed by atoms with E-state index in [1.54, 1.807) is 23.1 Å². The van der Waals surface area contributed by atoms with Crippen LogP contribution in [0, 0.1) is 11.6 Å². The smallest absolute Gasteiger partial charge is 0.250 e. The number of benzene rings is 3. The molecule has 0 radical (unpaired) electrons. The van der Waals surface area contributed by atoms with Crippen LogP contribution in [-0.4, -0.2) is 17.9 Å². The van der Waals surface area contributed by atoms with Crippen LogP contribution < -0.4 is 15.5 Å². The minimum Gasteiger partial charge on any atom is -0.372 e. The fraction of sp³-hybridized carbons (Fsp3) is 0.130. The second-order valence-electron chi connectivity index (χ2n) is 7.14. The summed E-state index contributed by atoms with van der Waals surface area (Å²) >= 11 is 6.12. The SMILES string of the molecule is O=C(C[C@H]1Nc2cc(Cl)ccc2N(Cc2ccccc2)C1=O)Nc1ccc(F)cc1F. The molecule has 1 aliphatic rings. The van der Waals surface area contributed by atoms with Crippen LogP contribution in [0.5, 0.6) is 0 Å². The lowest BCUT2D eigenvalue weighted by atomic mass is 10.0. The molecular formula is C23H18ClF2N3O2. The molecule has 3 aromatic rings. The third-order valence-corrected chi connectivity index (χ3v) is 5.16. The lowest BCUT2D eigenvalue weighted by molar-refractivity contribution is -0.123. The molecule has 8 heteroatoms. The van der Waals surface area contributed by atoms with Gasteiger partial charge in [0.1, 0.15) is 17.7 Å². The molecule has 0 saturated heterocycles. The maximum absolute atomic E-state index is 13.9. The van der Waals surface area contributed by atoms with Crippen molar-refractivity contribution >= 4 is 40.5 Å². The number of fused-ring (bicyclic) bond motifs is 1. The highest BCUT2D eigenvalue weighted by atomic mass is 35.5. The average Bonchev–Trinajstić information content (AvgIpc) is 2.74. The van der Waals surface area contributed by atoms with E-state index in [9.17, 15) is 18.4 Å². The van der Waals surface area contributed by atoms with Gasteiger partial charge in [0.2, 0.25) is 11.8 Å². The summed E-state index contributed by atoms with van der Waals surface area (Å²) in [5.74, 6) is -2.52. The van der Waals surface area contributed by atoms with Crippen LogP contribution in [0.1, 0.15) is 12.0 Å². The van der Waals surface area contributed by atoms with Crippen molar-refractivity contribution in [3.05, 3.63) is 89.0 Å². The zero-order chi connectivity index (χ0) is 22.0. The van der Waals surface area contributed by atoms with E-state index in [1.807, 2.05) is 30.3 Å². The monoisotopic (exact) mass is 441 g/mol. The van der Waals surface area contributed by atoms with Gasteiger partial charge in [-0.2, -0.15) is 0 Å². The van der Waals surface area contributed by atoms with E-state index in [-0.39, 0.29) is 18.0 Å². The van der Waals surface area contributed by atoms with Crippen molar-refractivity contribution in [2.75, 3.05) is 15.5 Å². The van der Waals surface area contributed by atoms with E-state index in [0.717, 1.165) is 17.7 Å². The molecule has 1 atom stereocenters. The predicted molar refractivity (Wildman–Crippen MR) is 116 cm³/mol. The normalized spacial score (nSPS) is 15.3. The van der Waals surface area contributed by atoms with Crippen LogP contribution in [0.15, 0.2) is 66.7 Å². The molecule has 1 heterocycles. The van der Waals surface area contributed by atoms with Gasteiger partial charge in [0.25, 0.3) is 0 Å². The van der Waals surface area contributed by atoms with E-state index >= 15 is 0 Å². The summed E-state index contributed by atoms with van der Waals surface area (Å²) < 4.78 is 26.9. The molecule has 5 nitrogen and oxygen atoms in total. The zero-order valence-electron chi connectivity index (χ0n) is 16.2. The Morgan fingerprint density at radius 3 is 2.58 bits per heavy atom. The quantitative estimate of drug-likeness (QED) is 0.587. The molecule has 0 aliphatic carbocycles. The van der Waals surface area contributed by atoms with Crippen molar-refractivity contribution in [1.29, 1.82) is 0 Å². The number of rotatable bonds is 5. The van der Waals surface area contributed by atoms with Gasteiger partial charge in [-0.3, -0.25) is 9.59 Å². The largest absolute Gasteiger partial charge is 0.372 e. The summed E-state index contributed by atoms with van der Waals surface area (Å²) in [7, 11) is 0. The third kappa shape index (κ3) is 4.67. The summed E-state index contributed by atoms with van der Waals surface area (Å²) in [5.41, 5.74) is 2.04. The van der Waals surface area contributed by atoms with Gasteiger partial charge in [-0.05, 0) is 35.9 Å². The van der Waals surface area contributed by atoms with Gasteiger partial charge in [0, 0.05) is 11.1 Å². The van der Waals surface area contributed by atoms with Crippen LogP contribution in [-0.2, 0) is 16.1 Å². The molecule has 2 N–H and O–H groups in total. The Hall–Kier alpha value is -3.45. The Balaban J connectivity index is 1.56. The van der Waals surface area contributed by atoms with Crippen LogP contribution >= 0.6 is 11.6 Å². The molecule has 2 amide bonds. The Bertz CT molecular complexity index is 1140. The van der Waals surface area contributed by atoms with Gasteiger partial charge in [0.05, 0.1) is 30.0 Å². The second-order valence-corrected chi connectivity index (χ2v) is 7.58. The first-order chi connectivity index (χ1) is 14.9. The van der Waals surface area contributed by atoms with E-state index < -0.39 is 23.6 Å². The molecule has 158 valence electrons. The molecule has 0 bridgehead atoms. The lowest BCUT2D eigenvalue weighted by Crippen LogP contribution is -2.48. The fourth-order valence-corrected chi connectivity index (χ4v) is 3.63. The topological polar surface area (TPSA) is 61.4 Å². The molecule has 3 aromatic carbocycles. The summed E-state index contributed by atoms with van der Waals surface area (Å²) in [6.45, 7) is 0.320. The van der Waals surface area contributed by atoms with Gasteiger partial charge >= 0.3 is 0 Å². The third-order valence-electron chi connectivity index (χ3n) is 4.92. The number of carbonyl (C=O) groups excluding carboxylic acids is 2. The van der Waals surface area contributed by atoms with Crippen LogP contribution in [0.3, 0.4) is 0 Å². The predicted octanol–water partition coefficient (Wildman–Crippen LogP) is 4.97. The summed E-state index contributed by atoms with van der Waals surface area (Å²) in [6, 6.07) is 16.6. The van der Waals surface area contributed by atoms with Crippen LogP contribution in [0.2, 0.25) is 5.02 Å². The van der Waals surface area contributed by atoms with E-state index in [1.165, 1.54) is 0 Å². The maximum Gasteiger partial charge on any atom is 0.250 e. The summed E-state index contributed by atoms with van der Waals surface area (Å²) in [5, 5.41) is 5.92. The number of carbonyl (C=O) groups is 2.